The van der Waals surface area contributed by atoms with Gasteiger partial charge in [0.15, 0.2) is 5.82 Å². The molecule has 0 unspecified atom stereocenters. The molecule has 0 bridgehead atoms. The van der Waals surface area contributed by atoms with Gasteiger partial charge < -0.3 is 19.5 Å². The summed E-state index contributed by atoms with van der Waals surface area (Å²) in [5, 5.41) is 12.2. The molecule has 10 heteroatoms. The Morgan fingerprint density at radius 3 is 2.77 bits per heavy atom. The van der Waals surface area contributed by atoms with Crippen molar-refractivity contribution in [1.29, 1.82) is 0 Å². The normalized spacial score (nSPS) is 13.6. The number of aromatic nitrogens is 5. The van der Waals surface area contributed by atoms with Crippen molar-refractivity contribution in [3.8, 4) is 5.75 Å². The summed E-state index contributed by atoms with van der Waals surface area (Å²) in [4.78, 5) is 26.6. The van der Waals surface area contributed by atoms with Gasteiger partial charge in [0.25, 0.3) is 0 Å². The lowest BCUT2D eigenvalue weighted by Gasteiger charge is -2.25. The lowest BCUT2D eigenvalue weighted by atomic mass is 9.98. The monoisotopic (exact) mass is 520 g/mol. The SMILES string of the molecule is C=CC(=O)N1CC=C(c2ccc3ncnc(Nc4ccc(O/C(=C/c5nncn5C)N=C)c(C)c4)c3c2)CC1. The first-order valence-corrected chi connectivity index (χ1v) is 12.4. The van der Waals surface area contributed by atoms with Crippen molar-refractivity contribution in [3.63, 3.8) is 0 Å². The average molecular weight is 521 g/mol. The molecule has 3 heterocycles. The molecule has 10 nitrogen and oxygen atoms in total. The summed E-state index contributed by atoms with van der Waals surface area (Å²) in [6, 6.07) is 11.9. The second-order valence-corrected chi connectivity index (χ2v) is 9.07. The van der Waals surface area contributed by atoms with E-state index in [0.717, 1.165) is 34.1 Å². The molecular weight excluding hydrogens is 492 g/mol. The number of rotatable bonds is 8. The van der Waals surface area contributed by atoms with E-state index in [1.165, 1.54) is 11.6 Å². The van der Waals surface area contributed by atoms with Gasteiger partial charge in [0.05, 0.1) is 5.52 Å². The van der Waals surface area contributed by atoms with E-state index in [2.05, 4.69) is 62.0 Å². The third kappa shape index (κ3) is 5.59. The van der Waals surface area contributed by atoms with Gasteiger partial charge >= 0.3 is 0 Å². The van der Waals surface area contributed by atoms with Crippen LogP contribution in [0.4, 0.5) is 11.5 Å². The van der Waals surface area contributed by atoms with Crippen molar-refractivity contribution < 1.29 is 9.53 Å². The summed E-state index contributed by atoms with van der Waals surface area (Å²) in [6.07, 6.45) is 9.05. The number of aliphatic imine (C=N–C) groups is 1. The number of anilines is 2. The molecule has 2 aromatic heterocycles. The molecule has 4 aromatic rings. The Morgan fingerprint density at radius 1 is 1.21 bits per heavy atom. The molecule has 0 radical (unpaired) electrons. The molecule has 0 atom stereocenters. The maximum atomic E-state index is 11.9. The molecule has 1 aliphatic heterocycles. The molecule has 0 aliphatic carbocycles. The van der Waals surface area contributed by atoms with E-state index >= 15 is 0 Å². The predicted molar refractivity (Wildman–Crippen MR) is 153 cm³/mol. The number of fused-ring (bicyclic) bond motifs is 1. The maximum absolute atomic E-state index is 11.9. The molecule has 1 amide bonds. The van der Waals surface area contributed by atoms with Gasteiger partial charge in [-0.1, -0.05) is 18.7 Å². The van der Waals surface area contributed by atoms with Crippen LogP contribution in [0.5, 0.6) is 5.75 Å². The van der Waals surface area contributed by atoms with E-state index in [1.54, 1.807) is 28.2 Å². The molecule has 1 aliphatic rings. The Kier molecular flexibility index (Phi) is 7.26. The van der Waals surface area contributed by atoms with Gasteiger partial charge in [0.1, 0.15) is 24.2 Å². The van der Waals surface area contributed by atoms with Crippen LogP contribution in [0.3, 0.4) is 0 Å². The zero-order valence-electron chi connectivity index (χ0n) is 21.8. The van der Waals surface area contributed by atoms with Gasteiger partial charge in [-0.3, -0.25) is 4.79 Å². The topological polar surface area (TPSA) is 110 Å². The molecule has 5 rings (SSSR count). The Labute approximate surface area is 226 Å². The van der Waals surface area contributed by atoms with Crippen LogP contribution in [0.25, 0.3) is 22.6 Å². The number of carbonyl (C=O) groups excluding carboxylic acids is 1. The number of hydrogen-bond acceptors (Lipinski definition) is 8. The molecule has 196 valence electrons. The zero-order chi connectivity index (χ0) is 27.4. The molecule has 39 heavy (non-hydrogen) atoms. The van der Waals surface area contributed by atoms with Crippen molar-refractivity contribution in [2.24, 2.45) is 12.0 Å². The smallest absolute Gasteiger partial charge is 0.246 e. The van der Waals surface area contributed by atoms with Crippen LogP contribution in [0.2, 0.25) is 0 Å². The highest BCUT2D eigenvalue weighted by molar-refractivity contribution is 5.93. The van der Waals surface area contributed by atoms with Gasteiger partial charge in [-0.05, 0) is 73.2 Å². The lowest BCUT2D eigenvalue weighted by molar-refractivity contribution is -0.125. The first kappa shape index (κ1) is 25.5. The molecule has 0 saturated carbocycles. The van der Waals surface area contributed by atoms with Gasteiger partial charge in [-0.15, -0.1) is 10.2 Å². The molecule has 0 spiro atoms. The second kappa shape index (κ2) is 11.1. The van der Waals surface area contributed by atoms with Gasteiger partial charge in [-0.25, -0.2) is 15.0 Å². The number of ether oxygens (including phenoxy) is 1. The number of nitrogens with one attached hydrogen (secondary N) is 1. The zero-order valence-corrected chi connectivity index (χ0v) is 21.8. The number of hydrogen-bond donors (Lipinski definition) is 1. The van der Waals surface area contributed by atoms with Crippen molar-refractivity contribution in [3.05, 3.63) is 90.6 Å². The second-order valence-electron chi connectivity index (χ2n) is 9.07. The number of aryl methyl sites for hydroxylation is 2. The van der Waals surface area contributed by atoms with E-state index in [0.29, 0.717) is 36.4 Å². The maximum Gasteiger partial charge on any atom is 0.246 e. The predicted octanol–water partition coefficient (Wildman–Crippen LogP) is 4.69. The minimum absolute atomic E-state index is 0.0474. The minimum atomic E-state index is -0.0474. The molecular formula is C29H28N8O2. The fourth-order valence-electron chi connectivity index (χ4n) is 4.35. The van der Waals surface area contributed by atoms with E-state index in [-0.39, 0.29) is 5.91 Å². The summed E-state index contributed by atoms with van der Waals surface area (Å²) in [6.45, 7) is 10.4. The minimum Gasteiger partial charge on any atom is -0.439 e. The summed E-state index contributed by atoms with van der Waals surface area (Å²) < 4.78 is 7.73. The van der Waals surface area contributed by atoms with Crippen molar-refractivity contribution in [1.82, 2.24) is 29.6 Å². The summed E-state index contributed by atoms with van der Waals surface area (Å²) in [5.74, 6) is 2.22. The number of nitrogens with zero attached hydrogens (tertiary/aromatic N) is 7. The molecule has 1 N–H and O–H groups in total. The van der Waals surface area contributed by atoms with Crippen LogP contribution in [0.1, 0.15) is 23.4 Å². The first-order chi connectivity index (χ1) is 18.9. The Balaban J connectivity index is 1.37. The summed E-state index contributed by atoms with van der Waals surface area (Å²) >= 11 is 0. The molecule has 0 fully saturated rings. The number of amides is 1. The van der Waals surface area contributed by atoms with E-state index in [9.17, 15) is 4.79 Å². The van der Waals surface area contributed by atoms with Gasteiger partial charge in [0, 0.05) is 37.3 Å². The standard InChI is InChI=1S/C29H28N8O2/c1-5-28(38)37-12-10-20(11-13-37)21-6-8-24-23(15-21)29(32-17-31-24)34-22-7-9-25(19(2)14-22)39-27(30-3)16-26-35-33-18-36(26)4/h5-10,14-18H,1,3,11-13H2,2,4H3,(H,31,32,34)/b27-16+. The Hall–Kier alpha value is -5.12. The van der Waals surface area contributed by atoms with E-state index in [4.69, 9.17) is 4.74 Å². The van der Waals surface area contributed by atoms with Gasteiger partial charge in [0.2, 0.25) is 11.8 Å². The highest BCUT2D eigenvalue weighted by Gasteiger charge is 2.17. The number of carbonyl (C=O) groups is 1. The van der Waals surface area contributed by atoms with Crippen LogP contribution in [-0.2, 0) is 11.8 Å². The first-order valence-electron chi connectivity index (χ1n) is 12.4. The molecule has 0 saturated heterocycles. The lowest BCUT2D eigenvalue weighted by Crippen LogP contribution is -2.33. The Bertz CT molecular complexity index is 1640. The van der Waals surface area contributed by atoms with E-state index < -0.39 is 0 Å². The van der Waals surface area contributed by atoms with Crippen molar-refractivity contribution in [2.75, 3.05) is 18.4 Å². The van der Waals surface area contributed by atoms with E-state index in [1.807, 2.05) is 38.2 Å². The van der Waals surface area contributed by atoms with Crippen molar-refractivity contribution in [2.45, 2.75) is 13.3 Å². The highest BCUT2D eigenvalue weighted by atomic mass is 16.5. The van der Waals surface area contributed by atoms with Crippen LogP contribution in [0, 0.1) is 6.92 Å². The number of benzene rings is 2. The van der Waals surface area contributed by atoms with Crippen molar-refractivity contribution >= 4 is 46.7 Å². The fraction of sp³-hybridized carbons (Fsp3) is 0.172. The summed E-state index contributed by atoms with van der Waals surface area (Å²) in [7, 11) is 1.84. The average Bonchev–Trinajstić information content (AvgIpc) is 3.37. The van der Waals surface area contributed by atoms with Crippen LogP contribution in [0.15, 0.2) is 78.7 Å². The van der Waals surface area contributed by atoms with Crippen LogP contribution < -0.4 is 10.1 Å². The fourth-order valence-corrected chi connectivity index (χ4v) is 4.35. The quantitative estimate of drug-likeness (QED) is 0.204. The summed E-state index contributed by atoms with van der Waals surface area (Å²) in [5.41, 5.74) is 4.87. The molecule has 2 aromatic carbocycles. The van der Waals surface area contributed by atoms with Crippen LogP contribution in [-0.4, -0.2) is 55.3 Å². The highest BCUT2D eigenvalue weighted by Crippen LogP contribution is 2.31. The van der Waals surface area contributed by atoms with Crippen LogP contribution >= 0.6 is 0 Å². The Morgan fingerprint density at radius 2 is 2.08 bits per heavy atom. The third-order valence-corrected chi connectivity index (χ3v) is 6.51. The van der Waals surface area contributed by atoms with Gasteiger partial charge in [-0.2, -0.15) is 0 Å². The third-order valence-electron chi connectivity index (χ3n) is 6.51. The largest absolute Gasteiger partial charge is 0.439 e.